The monoisotopic (exact) mass is 428 g/mol. The first-order valence-corrected chi connectivity index (χ1v) is 11.9. The molecule has 1 saturated carbocycles. The lowest BCUT2D eigenvalue weighted by Crippen LogP contribution is -2.47. The molecule has 6 heteroatoms. The molecule has 0 unspecified atom stereocenters. The number of carbonyl (C=O) groups is 1. The molecule has 0 aromatic carbocycles. The van der Waals surface area contributed by atoms with Crippen LogP contribution >= 0.6 is 11.3 Å². The quantitative estimate of drug-likeness (QED) is 0.486. The number of pyridine rings is 1. The van der Waals surface area contributed by atoms with Crippen molar-refractivity contribution in [2.75, 3.05) is 13.2 Å². The molecule has 1 aliphatic heterocycles. The summed E-state index contributed by atoms with van der Waals surface area (Å²) < 4.78 is 11.5. The Hall–Kier alpha value is -1.76. The summed E-state index contributed by atoms with van der Waals surface area (Å²) in [4.78, 5) is 17.1. The molecule has 2 aliphatic rings. The predicted octanol–water partition coefficient (Wildman–Crippen LogP) is 4.75. The van der Waals surface area contributed by atoms with Crippen molar-refractivity contribution in [3.05, 3.63) is 52.0 Å². The van der Waals surface area contributed by atoms with Gasteiger partial charge in [-0.25, -0.2) is 0 Å². The molecule has 4 rings (SSSR count). The van der Waals surface area contributed by atoms with Gasteiger partial charge in [-0.15, -0.1) is 11.3 Å². The minimum atomic E-state index is -0.238. The highest BCUT2D eigenvalue weighted by Gasteiger charge is 2.48. The van der Waals surface area contributed by atoms with E-state index in [1.807, 2.05) is 18.3 Å². The smallest absolute Gasteiger partial charge is 0.302 e. The van der Waals surface area contributed by atoms with E-state index in [4.69, 9.17) is 14.5 Å². The van der Waals surface area contributed by atoms with E-state index < -0.39 is 0 Å². The third-order valence-electron chi connectivity index (χ3n) is 6.71. The average Bonchev–Trinajstić information content (AvgIpc) is 3.40. The molecule has 2 fully saturated rings. The third-order valence-corrected chi connectivity index (χ3v) is 7.67. The van der Waals surface area contributed by atoms with E-state index in [2.05, 4.69) is 22.8 Å². The minimum absolute atomic E-state index is 0.0563. The number of nitrogens with zero attached hydrogens (tertiary/aromatic N) is 1. The Kier molecular flexibility index (Phi) is 6.86. The lowest BCUT2D eigenvalue weighted by atomic mass is 9.68. The molecule has 1 spiro atoms. The fourth-order valence-corrected chi connectivity index (χ4v) is 6.02. The SMILES string of the molecule is CC(=O)OCc1ccsc1CNCC[C@@]1(c2ccccn2)CCOC2(CCCC2)C1. The molecule has 0 bridgehead atoms. The molecule has 3 heterocycles. The number of esters is 1. The predicted molar refractivity (Wildman–Crippen MR) is 118 cm³/mol. The van der Waals surface area contributed by atoms with Gasteiger partial charge in [-0.1, -0.05) is 18.9 Å². The van der Waals surface area contributed by atoms with E-state index in [-0.39, 0.29) is 17.0 Å². The highest BCUT2D eigenvalue weighted by Crippen LogP contribution is 2.49. The van der Waals surface area contributed by atoms with Crippen molar-refractivity contribution in [3.8, 4) is 0 Å². The Morgan fingerprint density at radius 3 is 2.90 bits per heavy atom. The number of carbonyl (C=O) groups excluding carboxylic acids is 1. The first-order valence-electron chi connectivity index (χ1n) is 11.1. The van der Waals surface area contributed by atoms with Crippen molar-refractivity contribution in [2.45, 2.75) is 76.0 Å². The second-order valence-electron chi connectivity index (χ2n) is 8.74. The largest absolute Gasteiger partial charge is 0.461 e. The fourth-order valence-electron chi connectivity index (χ4n) is 5.16. The van der Waals surface area contributed by atoms with E-state index in [0.717, 1.165) is 44.5 Å². The second kappa shape index (κ2) is 9.58. The van der Waals surface area contributed by atoms with Crippen LogP contribution < -0.4 is 5.32 Å². The Labute approximate surface area is 183 Å². The molecule has 0 radical (unpaired) electrons. The van der Waals surface area contributed by atoms with Crippen LogP contribution in [0.25, 0.3) is 0 Å². The van der Waals surface area contributed by atoms with Crippen LogP contribution in [0.5, 0.6) is 0 Å². The van der Waals surface area contributed by atoms with Gasteiger partial charge >= 0.3 is 5.97 Å². The Morgan fingerprint density at radius 2 is 2.13 bits per heavy atom. The summed E-state index contributed by atoms with van der Waals surface area (Å²) in [5.74, 6) is -0.238. The van der Waals surface area contributed by atoms with Gasteiger partial charge in [0.1, 0.15) is 6.61 Å². The molecule has 1 aliphatic carbocycles. The van der Waals surface area contributed by atoms with E-state index >= 15 is 0 Å². The molecule has 0 amide bonds. The van der Waals surface area contributed by atoms with Gasteiger partial charge in [-0.2, -0.15) is 0 Å². The summed E-state index contributed by atoms with van der Waals surface area (Å²) in [7, 11) is 0. The van der Waals surface area contributed by atoms with Crippen molar-refractivity contribution in [1.29, 1.82) is 0 Å². The van der Waals surface area contributed by atoms with Crippen LogP contribution in [-0.4, -0.2) is 29.7 Å². The van der Waals surface area contributed by atoms with Crippen molar-refractivity contribution >= 4 is 17.3 Å². The lowest BCUT2D eigenvalue weighted by molar-refractivity contribution is -0.142. The van der Waals surface area contributed by atoms with E-state index in [1.165, 1.54) is 43.2 Å². The van der Waals surface area contributed by atoms with Crippen molar-refractivity contribution in [3.63, 3.8) is 0 Å². The maximum absolute atomic E-state index is 11.1. The maximum atomic E-state index is 11.1. The Morgan fingerprint density at radius 1 is 1.27 bits per heavy atom. The number of aromatic nitrogens is 1. The second-order valence-corrected chi connectivity index (χ2v) is 9.74. The number of hydrogen-bond acceptors (Lipinski definition) is 6. The summed E-state index contributed by atoms with van der Waals surface area (Å²) in [6.07, 6.45) is 10.0. The minimum Gasteiger partial charge on any atom is -0.461 e. The zero-order chi connectivity index (χ0) is 20.9. The number of nitrogens with one attached hydrogen (secondary N) is 1. The normalized spacial score (nSPS) is 23.0. The topological polar surface area (TPSA) is 60.5 Å². The molecule has 30 heavy (non-hydrogen) atoms. The molecule has 1 saturated heterocycles. The van der Waals surface area contributed by atoms with Crippen molar-refractivity contribution in [1.82, 2.24) is 10.3 Å². The van der Waals surface area contributed by atoms with Gasteiger partial charge in [0.2, 0.25) is 0 Å². The van der Waals surface area contributed by atoms with Gasteiger partial charge in [0.05, 0.1) is 5.60 Å². The Bertz CT molecular complexity index is 832. The summed E-state index contributed by atoms with van der Waals surface area (Å²) in [6, 6.07) is 8.36. The first kappa shape index (κ1) is 21.5. The van der Waals surface area contributed by atoms with Crippen molar-refractivity contribution in [2.24, 2.45) is 0 Å². The number of hydrogen-bond donors (Lipinski definition) is 1. The first-order chi connectivity index (χ1) is 14.6. The number of thiophene rings is 1. The van der Waals surface area contributed by atoms with E-state index in [1.54, 1.807) is 11.3 Å². The Balaban J connectivity index is 1.40. The summed E-state index contributed by atoms with van der Waals surface area (Å²) in [5, 5.41) is 5.70. The summed E-state index contributed by atoms with van der Waals surface area (Å²) in [5.41, 5.74) is 2.44. The van der Waals surface area contributed by atoms with Crippen LogP contribution in [0.2, 0.25) is 0 Å². The molecule has 2 aromatic heterocycles. The molecular formula is C24H32N2O3S. The van der Waals surface area contributed by atoms with E-state index in [9.17, 15) is 4.79 Å². The van der Waals surface area contributed by atoms with Gasteiger partial charge in [0.25, 0.3) is 0 Å². The van der Waals surface area contributed by atoms with Crippen LogP contribution in [0.4, 0.5) is 0 Å². The summed E-state index contributed by atoms with van der Waals surface area (Å²) in [6.45, 7) is 4.36. The van der Waals surface area contributed by atoms with Crippen LogP contribution in [0, 0.1) is 0 Å². The standard InChI is InChI=1S/C24H32N2O3S/c1-19(27)28-17-20-7-15-30-21(20)16-25-13-10-23(22-6-2-5-12-26-22)11-14-29-24(18-23)8-3-4-9-24/h2,5-7,12,15,25H,3-4,8-11,13-14,16-18H2,1H3/t23-/m1/s1. The summed E-state index contributed by atoms with van der Waals surface area (Å²) >= 11 is 1.71. The van der Waals surface area contributed by atoms with Gasteiger partial charge in [-0.05, 0) is 62.2 Å². The molecule has 162 valence electrons. The molecular weight excluding hydrogens is 396 g/mol. The average molecular weight is 429 g/mol. The van der Waals surface area contributed by atoms with Gasteiger partial charge in [0.15, 0.2) is 0 Å². The van der Waals surface area contributed by atoms with Crippen LogP contribution in [-0.2, 0) is 32.8 Å². The zero-order valence-electron chi connectivity index (χ0n) is 17.8. The number of rotatable bonds is 8. The van der Waals surface area contributed by atoms with Gasteiger partial charge in [-0.3, -0.25) is 9.78 Å². The highest BCUT2D eigenvalue weighted by atomic mass is 32.1. The third kappa shape index (κ3) is 4.93. The highest BCUT2D eigenvalue weighted by molar-refractivity contribution is 7.10. The lowest BCUT2D eigenvalue weighted by Gasteiger charge is -2.46. The zero-order valence-corrected chi connectivity index (χ0v) is 18.6. The van der Waals surface area contributed by atoms with Crippen molar-refractivity contribution < 1.29 is 14.3 Å². The fraction of sp³-hybridized carbons (Fsp3) is 0.583. The van der Waals surface area contributed by atoms with Gasteiger partial charge < -0.3 is 14.8 Å². The van der Waals surface area contributed by atoms with E-state index in [0.29, 0.717) is 6.61 Å². The molecule has 2 aromatic rings. The maximum Gasteiger partial charge on any atom is 0.302 e. The van der Waals surface area contributed by atoms with Gasteiger partial charge in [0, 0.05) is 47.8 Å². The van der Waals surface area contributed by atoms with Crippen LogP contribution in [0.15, 0.2) is 35.8 Å². The molecule has 1 N–H and O–H groups in total. The molecule has 1 atom stereocenters. The number of ether oxygens (including phenoxy) is 2. The van der Waals surface area contributed by atoms with Crippen LogP contribution in [0.3, 0.4) is 0 Å². The molecule has 5 nitrogen and oxygen atoms in total. The van der Waals surface area contributed by atoms with Crippen LogP contribution in [0.1, 0.15) is 68.0 Å².